The molecule has 1 saturated carbocycles. The summed E-state index contributed by atoms with van der Waals surface area (Å²) in [6.45, 7) is 10.4. The Bertz CT molecular complexity index is 1150. The van der Waals surface area contributed by atoms with Gasteiger partial charge in [0.25, 0.3) is 5.91 Å². The number of nitrogens with one attached hydrogen (secondary N) is 1. The Labute approximate surface area is 275 Å². The van der Waals surface area contributed by atoms with Crippen LogP contribution >= 0.6 is 11.8 Å². The number of carbonyl (C=O) groups is 2. The predicted molar refractivity (Wildman–Crippen MR) is 171 cm³/mol. The van der Waals surface area contributed by atoms with Gasteiger partial charge < -0.3 is 24.7 Å². The molecule has 43 heavy (non-hydrogen) atoms. The molecule has 0 radical (unpaired) electrons. The minimum absolute atomic E-state index is 0. The number of carboxylic acid groups (broad SMARTS) is 1. The second-order valence-electron chi connectivity index (χ2n) is 12.9. The third-order valence-corrected chi connectivity index (χ3v) is 8.72. The molecule has 2 aromatic rings. The predicted octanol–water partition coefficient (Wildman–Crippen LogP) is 3.58. The molecule has 0 aliphatic heterocycles. The first-order valence-corrected chi connectivity index (χ1v) is 16.9. The Kier molecular flexibility index (Phi) is 16.5. The van der Waals surface area contributed by atoms with Crippen molar-refractivity contribution in [2.75, 3.05) is 25.2 Å². The van der Waals surface area contributed by atoms with Gasteiger partial charge in [0, 0.05) is 12.2 Å². The van der Waals surface area contributed by atoms with Crippen molar-refractivity contribution in [3.8, 4) is 11.1 Å². The van der Waals surface area contributed by atoms with Crippen molar-refractivity contribution in [2.45, 2.75) is 97.8 Å². The van der Waals surface area contributed by atoms with E-state index < -0.39 is 17.9 Å². The number of carbonyl (C=O) groups excluding carboxylic acids is 2. The van der Waals surface area contributed by atoms with Crippen molar-refractivity contribution in [2.24, 2.45) is 11.3 Å². The van der Waals surface area contributed by atoms with Gasteiger partial charge in [-0.15, -0.1) is 0 Å². The van der Waals surface area contributed by atoms with E-state index in [1.807, 2.05) is 49.6 Å². The van der Waals surface area contributed by atoms with E-state index in [1.165, 1.54) is 43.9 Å². The van der Waals surface area contributed by atoms with Crippen molar-refractivity contribution < 1.29 is 43.0 Å². The van der Waals surface area contributed by atoms with Gasteiger partial charge in [0.1, 0.15) is 0 Å². The van der Waals surface area contributed by atoms with E-state index >= 15 is 0 Å². The zero-order valence-electron chi connectivity index (χ0n) is 27.2. The number of amides is 1. The molecular formula is C35H50LiNO5S. The first kappa shape index (κ1) is 37.4. The van der Waals surface area contributed by atoms with E-state index in [1.54, 1.807) is 6.07 Å². The molecule has 0 bridgehead atoms. The van der Waals surface area contributed by atoms with Crippen LogP contribution in [0.25, 0.3) is 11.1 Å². The monoisotopic (exact) mass is 603 g/mol. The quantitative estimate of drug-likeness (QED) is 0.233. The number of rotatable bonds is 16. The SMILES string of the molecule is CSCC[C@H](NC(=O)c1ccc(COC(COCCC(C)(C)C)CC2CCCCC2)cc1-c1ccccc1C)C(=O)[O-].[Li+]. The van der Waals surface area contributed by atoms with Crippen molar-refractivity contribution in [3.63, 3.8) is 0 Å². The van der Waals surface area contributed by atoms with E-state index in [2.05, 4.69) is 26.1 Å². The van der Waals surface area contributed by atoms with E-state index in [0.717, 1.165) is 41.7 Å². The van der Waals surface area contributed by atoms with E-state index in [-0.39, 0.29) is 30.4 Å². The Morgan fingerprint density at radius 3 is 2.44 bits per heavy atom. The first-order chi connectivity index (χ1) is 20.1. The molecule has 2 aromatic carbocycles. The molecule has 1 aliphatic rings. The molecule has 1 amide bonds. The van der Waals surface area contributed by atoms with E-state index in [4.69, 9.17) is 9.47 Å². The molecule has 3 rings (SSSR count). The number of benzene rings is 2. The number of carboxylic acids is 1. The fourth-order valence-electron chi connectivity index (χ4n) is 5.48. The average Bonchev–Trinajstić information content (AvgIpc) is 2.96. The van der Waals surface area contributed by atoms with Gasteiger partial charge in [0.2, 0.25) is 0 Å². The fraction of sp³-hybridized carbons (Fsp3) is 0.600. The van der Waals surface area contributed by atoms with Crippen molar-refractivity contribution in [1.29, 1.82) is 0 Å². The normalized spacial score (nSPS) is 15.4. The summed E-state index contributed by atoms with van der Waals surface area (Å²) in [7, 11) is 0. The second-order valence-corrected chi connectivity index (χ2v) is 13.9. The number of ether oxygens (including phenoxy) is 2. The van der Waals surface area contributed by atoms with Gasteiger partial charge in [0.05, 0.1) is 31.3 Å². The van der Waals surface area contributed by atoms with Crippen LogP contribution in [-0.2, 0) is 20.9 Å². The molecule has 0 saturated heterocycles. The molecule has 1 unspecified atom stereocenters. The van der Waals surface area contributed by atoms with Crippen LogP contribution in [0.5, 0.6) is 0 Å². The van der Waals surface area contributed by atoms with Crippen LogP contribution in [0.2, 0.25) is 0 Å². The molecule has 232 valence electrons. The zero-order chi connectivity index (χ0) is 30.5. The van der Waals surface area contributed by atoms with Gasteiger partial charge in [-0.05, 0) is 83.9 Å². The summed E-state index contributed by atoms with van der Waals surface area (Å²) in [4.78, 5) is 25.1. The van der Waals surface area contributed by atoms with Crippen LogP contribution in [0.1, 0.15) is 93.6 Å². The topological polar surface area (TPSA) is 87.7 Å². The molecule has 6 nitrogen and oxygen atoms in total. The first-order valence-electron chi connectivity index (χ1n) is 15.5. The van der Waals surface area contributed by atoms with E-state index in [0.29, 0.717) is 36.9 Å². The summed E-state index contributed by atoms with van der Waals surface area (Å²) in [5.41, 5.74) is 4.36. The molecule has 0 spiro atoms. The third-order valence-electron chi connectivity index (χ3n) is 8.07. The average molecular weight is 604 g/mol. The van der Waals surface area contributed by atoms with Crippen LogP contribution in [-0.4, -0.2) is 49.2 Å². The van der Waals surface area contributed by atoms with Crippen molar-refractivity contribution in [3.05, 3.63) is 59.2 Å². The number of aliphatic carboxylic acids is 1. The standard InChI is InChI=1S/C35H51NO5S.Li/c1-25-11-9-10-14-29(25)31-22-27(15-16-30(31)33(37)36-32(34(38)39)17-20-42-5)23-41-28(21-26-12-7-6-8-13-26)24-40-19-18-35(2,3)4;/h9-11,14-16,22,26,28,32H,6-8,12-13,17-21,23-24H2,1-5H3,(H,36,37)(H,38,39);/q;+1/p-1/t28?,32-;/m0./s1. The second kappa shape index (κ2) is 18.9. The molecular weight excluding hydrogens is 553 g/mol. The van der Waals surface area contributed by atoms with Crippen LogP contribution < -0.4 is 29.3 Å². The van der Waals surface area contributed by atoms with E-state index in [9.17, 15) is 14.7 Å². The number of hydrogen-bond acceptors (Lipinski definition) is 6. The van der Waals surface area contributed by atoms with Crippen molar-refractivity contribution >= 4 is 23.6 Å². The number of aryl methyl sites for hydroxylation is 1. The van der Waals surface area contributed by atoms with Gasteiger partial charge in [-0.3, -0.25) is 4.79 Å². The molecule has 1 aliphatic carbocycles. The van der Waals surface area contributed by atoms with Gasteiger partial charge in [-0.2, -0.15) is 11.8 Å². The van der Waals surface area contributed by atoms with Crippen LogP contribution in [0.15, 0.2) is 42.5 Å². The third kappa shape index (κ3) is 13.0. The Morgan fingerprint density at radius 2 is 1.79 bits per heavy atom. The zero-order valence-corrected chi connectivity index (χ0v) is 28.0. The van der Waals surface area contributed by atoms with Crippen LogP contribution in [0, 0.1) is 18.3 Å². The Morgan fingerprint density at radius 1 is 1.07 bits per heavy atom. The minimum atomic E-state index is -1.27. The summed E-state index contributed by atoms with van der Waals surface area (Å²) in [5.74, 6) is -0.402. The molecule has 2 atom stereocenters. The van der Waals surface area contributed by atoms with Crippen molar-refractivity contribution in [1.82, 2.24) is 5.32 Å². The fourth-order valence-corrected chi connectivity index (χ4v) is 5.96. The van der Waals surface area contributed by atoms with Gasteiger partial charge in [-0.1, -0.05) is 83.2 Å². The molecule has 1 fully saturated rings. The Hall–Kier alpha value is -1.75. The summed E-state index contributed by atoms with van der Waals surface area (Å²) in [6, 6.07) is 12.6. The smallest absolute Gasteiger partial charge is 0.548 e. The molecule has 0 aromatic heterocycles. The van der Waals surface area contributed by atoms with Gasteiger partial charge >= 0.3 is 18.9 Å². The maximum atomic E-state index is 13.4. The summed E-state index contributed by atoms with van der Waals surface area (Å²) >= 11 is 1.53. The Balaban J connectivity index is 0.00000645. The maximum absolute atomic E-state index is 13.4. The summed E-state index contributed by atoms with van der Waals surface area (Å²) in [6.07, 6.45) is 10.7. The number of thioether (sulfide) groups is 1. The summed E-state index contributed by atoms with van der Waals surface area (Å²) < 4.78 is 12.6. The number of hydrogen-bond donors (Lipinski definition) is 1. The van der Waals surface area contributed by atoms with Crippen LogP contribution in [0.3, 0.4) is 0 Å². The maximum Gasteiger partial charge on any atom is 1.00 e. The van der Waals surface area contributed by atoms with Crippen LogP contribution in [0.4, 0.5) is 0 Å². The summed E-state index contributed by atoms with van der Waals surface area (Å²) in [5, 5.41) is 14.4. The largest absolute Gasteiger partial charge is 1.00 e. The molecule has 1 N–H and O–H groups in total. The van der Waals surface area contributed by atoms with Gasteiger partial charge in [-0.25, -0.2) is 0 Å². The minimum Gasteiger partial charge on any atom is -0.548 e. The van der Waals surface area contributed by atoms with Gasteiger partial charge in [0.15, 0.2) is 0 Å². The molecule has 8 heteroatoms. The molecule has 0 heterocycles.